The van der Waals surface area contributed by atoms with Crippen molar-refractivity contribution in [2.45, 2.75) is 47.5 Å². The van der Waals surface area contributed by atoms with E-state index in [0.717, 1.165) is 58.8 Å². The fourth-order valence-corrected chi connectivity index (χ4v) is 2.68. The van der Waals surface area contributed by atoms with E-state index in [1.807, 2.05) is 39.8 Å². The summed E-state index contributed by atoms with van der Waals surface area (Å²) in [5.41, 5.74) is 5.57. The molecular weight excluding hydrogens is 300 g/mol. The minimum absolute atomic E-state index is 0.255. The minimum Gasteiger partial charge on any atom is -0.508 e. The van der Waals surface area contributed by atoms with E-state index < -0.39 is 0 Å². The first-order valence-electron chi connectivity index (χ1n) is 8.38. The molecule has 1 N–H and O–H groups in total. The maximum Gasteiger partial charge on any atom is 0.119 e. The molecule has 24 heavy (non-hydrogen) atoms. The van der Waals surface area contributed by atoms with Crippen LogP contribution in [0.1, 0.15) is 42.0 Å². The number of hydrogen-bond donors (Lipinski definition) is 1. The van der Waals surface area contributed by atoms with Gasteiger partial charge in [-0.25, -0.2) is 0 Å². The predicted molar refractivity (Wildman–Crippen MR) is 98.1 cm³/mol. The standard InChI is InChI=1S/C20H26N2O2/c1-6-7-8-24-18-11-15(4)20(16(5)12-18)22-21-19-13(2)9-17(23)10-14(19)3/h9-12,23H,6-8H2,1-5H3. The summed E-state index contributed by atoms with van der Waals surface area (Å²) in [6.07, 6.45) is 2.18. The topological polar surface area (TPSA) is 54.2 Å². The molecule has 0 saturated heterocycles. The fourth-order valence-electron chi connectivity index (χ4n) is 2.68. The van der Waals surface area contributed by atoms with E-state index in [9.17, 15) is 5.11 Å². The molecular formula is C20H26N2O2. The smallest absolute Gasteiger partial charge is 0.119 e. The van der Waals surface area contributed by atoms with Crippen LogP contribution in [0.25, 0.3) is 0 Å². The average Bonchev–Trinajstić information content (AvgIpc) is 2.48. The van der Waals surface area contributed by atoms with Crippen molar-refractivity contribution in [3.8, 4) is 11.5 Å². The van der Waals surface area contributed by atoms with Gasteiger partial charge in [-0.1, -0.05) is 13.3 Å². The molecule has 0 amide bonds. The molecule has 0 aromatic heterocycles. The van der Waals surface area contributed by atoms with Gasteiger partial charge >= 0.3 is 0 Å². The number of aromatic hydroxyl groups is 1. The summed E-state index contributed by atoms with van der Waals surface area (Å²) in [7, 11) is 0. The zero-order valence-corrected chi connectivity index (χ0v) is 15.2. The maximum atomic E-state index is 9.62. The number of unbranched alkanes of at least 4 members (excludes halogenated alkanes) is 1. The Bertz CT molecular complexity index is 705. The summed E-state index contributed by atoms with van der Waals surface area (Å²) in [6.45, 7) is 10.8. The number of rotatable bonds is 6. The molecule has 0 aliphatic heterocycles. The molecule has 0 spiro atoms. The molecule has 128 valence electrons. The Labute approximate surface area is 144 Å². The van der Waals surface area contributed by atoms with Gasteiger partial charge in [-0.05, 0) is 80.6 Å². The van der Waals surface area contributed by atoms with Gasteiger partial charge in [0.1, 0.15) is 11.5 Å². The van der Waals surface area contributed by atoms with Gasteiger partial charge in [-0.15, -0.1) is 10.2 Å². The van der Waals surface area contributed by atoms with Crippen molar-refractivity contribution in [3.63, 3.8) is 0 Å². The molecule has 0 bridgehead atoms. The van der Waals surface area contributed by atoms with E-state index in [2.05, 4.69) is 17.2 Å². The summed E-state index contributed by atoms with van der Waals surface area (Å²) in [5, 5.41) is 18.5. The van der Waals surface area contributed by atoms with Crippen LogP contribution in [0.3, 0.4) is 0 Å². The number of ether oxygens (including phenoxy) is 1. The summed E-state index contributed by atoms with van der Waals surface area (Å²) in [5.74, 6) is 1.14. The highest BCUT2D eigenvalue weighted by Crippen LogP contribution is 2.33. The monoisotopic (exact) mass is 326 g/mol. The number of phenols is 1. The normalized spacial score (nSPS) is 11.2. The molecule has 4 heteroatoms. The molecule has 0 aliphatic rings. The van der Waals surface area contributed by atoms with Crippen LogP contribution >= 0.6 is 0 Å². The molecule has 0 fully saturated rings. The zero-order chi connectivity index (χ0) is 17.7. The molecule has 0 saturated carbocycles. The summed E-state index contributed by atoms with van der Waals surface area (Å²) in [4.78, 5) is 0. The third-order valence-corrected chi connectivity index (χ3v) is 3.96. The Balaban J connectivity index is 2.27. The van der Waals surface area contributed by atoms with Gasteiger partial charge in [-0.3, -0.25) is 0 Å². The van der Waals surface area contributed by atoms with E-state index in [1.165, 1.54) is 0 Å². The quantitative estimate of drug-likeness (QED) is 0.506. The number of nitrogens with zero attached hydrogens (tertiary/aromatic N) is 2. The summed E-state index contributed by atoms with van der Waals surface area (Å²) < 4.78 is 5.78. The lowest BCUT2D eigenvalue weighted by Crippen LogP contribution is -1.97. The van der Waals surface area contributed by atoms with E-state index >= 15 is 0 Å². The summed E-state index contributed by atoms with van der Waals surface area (Å²) >= 11 is 0. The highest BCUT2D eigenvalue weighted by Gasteiger charge is 2.08. The molecule has 4 nitrogen and oxygen atoms in total. The second-order valence-electron chi connectivity index (χ2n) is 6.24. The zero-order valence-electron chi connectivity index (χ0n) is 15.2. The van der Waals surface area contributed by atoms with Gasteiger partial charge in [0, 0.05) is 0 Å². The van der Waals surface area contributed by atoms with Crippen LogP contribution in [0.15, 0.2) is 34.5 Å². The van der Waals surface area contributed by atoms with Crippen LogP contribution in [0.4, 0.5) is 11.4 Å². The molecule has 0 radical (unpaired) electrons. The van der Waals surface area contributed by atoms with E-state index in [-0.39, 0.29) is 5.75 Å². The molecule has 0 unspecified atom stereocenters. The first kappa shape index (κ1) is 18.0. The van der Waals surface area contributed by atoms with Crippen molar-refractivity contribution in [2.24, 2.45) is 10.2 Å². The minimum atomic E-state index is 0.255. The first-order valence-corrected chi connectivity index (χ1v) is 8.38. The van der Waals surface area contributed by atoms with Gasteiger partial charge in [0.05, 0.1) is 18.0 Å². The summed E-state index contributed by atoms with van der Waals surface area (Å²) in [6, 6.07) is 7.42. The van der Waals surface area contributed by atoms with Gasteiger partial charge in [0.15, 0.2) is 0 Å². The number of aryl methyl sites for hydroxylation is 4. The Hall–Kier alpha value is -2.36. The Morgan fingerprint density at radius 2 is 1.29 bits per heavy atom. The fraction of sp³-hybridized carbons (Fsp3) is 0.400. The Morgan fingerprint density at radius 3 is 1.75 bits per heavy atom. The van der Waals surface area contributed by atoms with Crippen LogP contribution in [0, 0.1) is 27.7 Å². The van der Waals surface area contributed by atoms with Crippen LogP contribution in [-0.4, -0.2) is 11.7 Å². The molecule has 0 heterocycles. The number of azo groups is 1. The van der Waals surface area contributed by atoms with Crippen molar-refractivity contribution in [1.29, 1.82) is 0 Å². The maximum absolute atomic E-state index is 9.62. The third kappa shape index (κ3) is 4.34. The second-order valence-corrected chi connectivity index (χ2v) is 6.24. The average molecular weight is 326 g/mol. The van der Waals surface area contributed by atoms with Gasteiger partial charge in [0.25, 0.3) is 0 Å². The number of phenolic OH excluding ortho intramolecular Hbond substituents is 1. The Morgan fingerprint density at radius 1 is 0.833 bits per heavy atom. The van der Waals surface area contributed by atoms with E-state index in [1.54, 1.807) is 12.1 Å². The lowest BCUT2D eigenvalue weighted by molar-refractivity contribution is 0.309. The Kier molecular flexibility index (Phi) is 5.96. The van der Waals surface area contributed by atoms with E-state index in [0.29, 0.717) is 0 Å². The first-order chi connectivity index (χ1) is 11.4. The van der Waals surface area contributed by atoms with Gasteiger partial charge < -0.3 is 9.84 Å². The third-order valence-electron chi connectivity index (χ3n) is 3.96. The second kappa shape index (κ2) is 7.95. The largest absolute Gasteiger partial charge is 0.508 e. The lowest BCUT2D eigenvalue weighted by atomic mass is 10.1. The lowest BCUT2D eigenvalue weighted by Gasteiger charge is -2.10. The van der Waals surface area contributed by atoms with Gasteiger partial charge in [0.2, 0.25) is 0 Å². The van der Waals surface area contributed by atoms with Crippen LogP contribution in [0.2, 0.25) is 0 Å². The molecule has 0 aliphatic carbocycles. The molecule has 0 atom stereocenters. The highest BCUT2D eigenvalue weighted by molar-refractivity contribution is 5.58. The van der Waals surface area contributed by atoms with Gasteiger partial charge in [-0.2, -0.15) is 0 Å². The van der Waals surface area contributed by atoms with Crippen LogP contribution in [0.5, 0.6) is 11.5 Å². The van der Waals surface area contributed by atoms with Crippen molar-refractivity contribution >= 4 is 11.4 Å². The molecule has 2 aromatic carbocycles. The molecule has 2 aromatic rings. The molecule has 2 rings (SSSR count). The van der Waals surface area contributed by atoms with Crippen LogP contribution < -0.4 is 4.74 Å². The van der Waals surface area contributed by atoms with Crippen LogP contribution in [-0.2, 0) is 0 Å². The SMILES string of the molecule is CCCCOc1cc(C)c(N=Nc2c(C)cc(O)cc2C)c(C)c1. The van der Waals surface area contributed by atoms with Crippen molar-refractivity contribution in [3.05, 3.63) is 46.5 Å². The number of hydrogen-bond acceptors (Lipinski definition) is 4. The van der Waals surface area contributed by atoms with Crippen molar-refractivity contribution < 1.29 is 9.84 Å². The van der Waals surface area contributed by atoms with Crippen molar-refractivity contribution in [1.82, 2.24) is 0 Å². The predicted octanol–water partition coefficient (Wildman–Crippen LogP) is 6.22. The number of benzene rings is 2. The van der Waals surface area contributed by atoms with E-state index in [4.69, 9.17) is 4.74 Å². The highest BCUT2D eigenvalue weighted by atomic mass is 16.5. The van der Waals surface area contributed by atoms with Crippen molar-refractivity contribution in [2.75, 3.05) is 6.61 Å².